The minimum absolute atomic E-state index is 0.0108. The zero-order valence-electron chi connectivity index (χ0n) is 13.9. The summed E-state index contributed by atoms with van der Waals surface area (Å²) in [6.07, 6.45) is 1.73. The normalized spacial score (nSPS) is 19.5. The molecule has 2 heterocycles. The third-order valence-corrected chi connectivity index (χ3v) is 6.95. The van der Waals surface area contributed by atoms with Gasteiger partial charge in [0, 0.05) is 36.3 Å². The molecule has 5 nitrogen and oxygen atoms in total. The predicted molar refractivity (Wildman–Crippen MR) is 95.7 cm³/mol. The minimum atomic E-state index is -3.51. The van der Waals surface area contributed by atoms with E-state index in [9.17, 15) is 8.42 Å². The van der Waals surface area contributed by atoms with Crippen molar-refractivity contribution in [3.8, 4) is 10.6 Å². The number of rotatable bonds is 5. The highest BCUT2D eigenvalue weighted by Gasteiger charge is 2.30. The second-order valence-corrected chi connectivity index (χ2v) is 8.70. The largest absolute Gasteiger partial charge is 0.377 e. The first-order valence-corrected chi connectivity index (χ1v) is 10.5. The Morgan fingerprint density at radius 1 is 1.42 bits per heavy atom. The number of nitrogens with zero attached hydrogens (tertiary/aromatic N) is 2. The maximum absolute atomic E-state index is 13.0. The number of piperidine rings is 1. The molecule has 0 aliphatic carbocycles. The Bertz CT molecular complexity index is 800. The maximum Gasteiger partial charge on any atom is 0.243 e. The first-order valence-electron chi connectivity index (χ1n) is 8.15. The number of hydrogen-bond acceptors (Lipinski definition) is 5. The van der Waals surface area contributed by atoms with Gasteiger partial charge >= 0.3 is 0 Å². The highest BCUT2D eigenvalue weighted by atomic mass is 32.2. The number of benzene rings is 1. The van der Waals surface area contributed by atoms with Gasteiger partial charge in [0.05, 0.1) is 11.0 Å². The van der Waals surface area contributed by atoms with Crippen molar-refractivity contribution < 1.29 is 13.2 Å². The molecule has 1 aromatic carbocycles. The molecule has 0 bridgehead atoms. The molecule has 0 spiro atoms. The van der Waals surface area contributed by atoms with Gasteiger partial charge in [0.2, 0.25) is 10.0 Å². The van der Waals surface area contributed by atoms with Crippen molar-refractivity contribution in [3.05, 3.63) is 35.3 Å². The Labute approximate surface area is 147 Å². The highest BCUT2D eigenvalue weighted by Crippen LogP contribution is 2.28. The summed E-state index contributed by atoms with van der Waals surface area (Å²) in [4.78, 5) is 4.77. The summed E-state index contributed by atoms with van der Waals surface area (Å²) in [5, 5.41) is 2.81. The average molecular weight is 367 g/mol. The Hall–Kier alpha value is -1.28. The van der Waals surface area contributed by atoms with Gasteiger partial charge in [-0.1, -0.05) is 12.1 Å². The van der Waals surface area contributed by atoms with Gasteiger partial charge in [0.15, 0.2) is 0 Å². The van der Waals surface area contributed by atoms with Crippen molar-refractivity contribution in [2.24, 2.45) is 0 Å². The Morgan fingerprint density at radius 3 is 2.96 bits per heavy atom. The zero-order valence-corrected chi connectivity index (χ0v) is 15.6. The predicted octanol–water partition coefficient (Wildman–Crippen LogP) is 3.31. The number of ether oxygens (including phenoxy) is 1. The SMILES string of the molecule is CCOC1CCCN(S(=O)(=O)c2cccc(-c3nc(C)cs3)c2)C1. The van der Waals surface area contributed by atoms with E-state index in [4.69, 9.17) is 4.74 Å². The van der Waals surface area contributed by atoms with Crippen molar-refractivity contribution in [3.63, 3.8) is 0 Å². The molecular weight excluding hydrogens is 344 g/mol. The van der Waals surface area contributed by atoms with Crippen LogP contribution in [0, 0.1) is 6.92 Å². The van der Waals surface area contributed by atoms with Crippen molar-refractivity contribution in [1.29, 1.82) is 0 Å². The molecule has 1 fully saturated rings. The Morgan fingerprint density at radius 2 is 2.25 bits per heavy atom. The second kappa shape index (κ2) is 7.31. The van der Waals surface area contributed by atoms with E-state index >= 15 is 0 Å². The second-order valence-electron chi connectivity index (χ2n) is 5.90. The van der Waals surface area contributed by atoms with Gasteiger partial charge < -0.3 is 4.74 Å². The van der Waals surface area contributed by atoms with Gasteiger partial charge in [-0.15, -0.1) is 11.3 Å². The molecule has 1 unspecified atom stereocenters. The van der Waals surface area contributed by atoms with Crippen LogP contribution in [0.4, 0.5) is 0 Å². The zero-order chi connectivity index (χ0) is 17.2. The number of hydrogen-bond donors (Lipinski definition) is 0. The summed E-state index contributed by atoms with van der Waals surface area (Å²) in [6, 6.07) is 7.06. The van der Waals surface area contributed by atoms with Gasteiger partial charge in [-0.3, -0.25) is 0 Å². The van der Waals surface area contributed by atoms with Gasteiger partial charge in [0.1, 0.15) is 5.01 Å². The fourth-order valence-electron chi connectivity index (χ4n) is 2.92. The third-order valence-electron chi connectivity index (χ3n) is 4.08. The van der Waals surface area contributed by atoms with Crippen LogP contribution in [0.25, 0.3) is 10.6 Å². The molecule has 1 aromatic heterocycles. The standard InChI is InChI=1S/C17H22N2O3S2/c1-3-22-15-7-5-9-19(11-15)24(20,21)16-8-4-6-14(10-16)17-18-13(2)12-23-17/h4,6,8,10,12,15H,3,5,7,9,11H2,1-2H3. The van der Waals surface area contributed by atoms with E-state index in [1.165, 1.54) is 11.3 Å². The summed E-state index contributed by atoms with van der Waals surface area (Å²) in [5.41, 5.74) is 1.78. The molecule has 24 heavy (non-hydrogen) atoms. The molecule has 0 amide bonds. The van der Waals surface area contributed by atoms with E-state index in [2.05, 4.69) is 4.98 Å². The molecule has 1 atom stereocenters. The van der Waals surface area contributed by atoms with E-state index in [-0.39, 0.29) is 6.10 Å². The number of thiazole rings is 1. The van der Waals surface area contributed by atoms with Crippen LogP contribution in [0.1, 0.15) is 25.5 Å². The molecule has 1 aliphatic rings. The molecule has 130 valence electrons. The monoisotopic (exact) mass is 366 g/mol. The summed E-state index contributed by atoms with van der Waals surface area (Å²) < 4.78 is 33.1. The summed E-state index contributed by atoms with van der Waals surface area (Å²) in [6.45, 7) is 5.45. The third kappa shape index (κ3) is 3.69. The van der Waals surface area contributed by atoms with Crippen LogP contribution in [0.2, 0.25) is 0 Å². The topological polar surface area (TPSA) is 59.5 Å². The number of aromatic nitrogens is 1. The van der Waals surface area contributed by atoms with Crippen LogP contribution in [-0.4, -0.2) is 43.5 Å². The quantitative estimate of drug-likeness (QED) is 0.814. The molecule has 0 saturated carbocycles. The van der Waals surface area contributed by atoms with E-state index in [0.717, 1.165) is 29.1 Å². The van der Waals surface area contributed by atoms with Crippen LogP contribution < -0.4 is 0 Å². The molecule has 1 saturated heterocycles. The van der Waals surface area contributed by atoms with Crippen molar-refractivity contribution in [1.82, 2.24) is 9.29 Å². The number of sulfonamides is 1. The lowest BCUT2D eigenvalue weighted by Gasteiger charge is -2.31. The lowest BCUT2D eigenvalue weighted by Crippen LogP contribution is -2.43. The summed E-state index contributed by atoms with van der Waals surface area (Å²) in [5.74, 6) is 0. The van der Waals surface area contributed by atoms with Crippen molar-refractivity contribution >= 4 is 21.4 Å². The van der Waals surface area contributed by atoms with Crippen LogP contribution >= 0.6 is 11.3 Å². The average Bonchev–Trinajstić information content (AvgIpc) is 3.02. The molecular formula is C17H22N2O3S2. The van der Waals surface area contributed by atoms with Crippen LogP contribution in [0.15, 0.2) is 34.5 Å². The lowest BCUT2D eigenvalue weighted by atomic mass is 10.1. The smallest absolute Gasteiger partial charge is 0.243 e. The maximum atomic E-state index is 13.0. The van der Waals surface area contributed by atoms with E-state index in [0.29, 0.717) is 24.6 Å². The van der Waals surface area contributed by atoms with Gasteiger partial charge in [-0.05, 0) is 38.8 Å². The molecule has 0 radical (unpaired) electrons. The van der Waals surface area contributed by atoms with Crippen molar-refractivity contribution in [2.75, 3.05) is 19.7 Å². The molecule has 2 aromatic rings. The fraction of sp³-hybridized carbons (Fsp3) is 0.471. The molecule has 0 N–H and O–H groups in total. The Balaban J connectivity index is 1.87. The number of aryl methyl sites for hydroxylation is 1. The van der Waals surface area contributed by atoms with Crippen LogP contribution in [0.5, 0.6) is 0 Å². The van der Waals surface area contributed by atoms with E-state index < -0.39 is 10.0 Å². The van der Waals surface area contributed by atoms with Gasteiger partial charge in [0.25, 0.3) is 0 Å². The van der Waals surface area contributed by atoms with E-state index in [1.807, 2.05) is 25.3 Å². The van der Waals surface area contributed by atoms with Gasteiger partial charge in [-0.2, -0.15) is 4.31 Å². The summed E-state index contributed by atoms with van der Waals surface area (Å²) in [7, 11) is -3.51. The highest BCUT2D eigenvalue weighted by molar-refractivity contribution is 7.89. The van der Waals surface area contributed by atoms with Crippen LogP contribution in [-0.2, 0) is 14.8 Å². The minimum Gasteiger partial charge on any atom is -0.377 e. The molecule has 7 heteroatoms. The van der Waals surface area contributed by atoms with Crippen LogP contribution in [0.3, 0.4) is 0 Å². The lowest BCUT2D eigenvalue weighted by molar-refractivity contribution is 0.0265. The fourth-order valence-corrected chi connectivity index (χ4v) is 5.27. The Kier molecular flexibility index (Phi) is 5.34. The first-order chi connectivity index (χ1) is 11.5. The van der Waals surface area contributed by atoms with Crippen molar-refractivity contribution in [2.45, 2.75) is 37.7 Å². The molecule has 3 rings (SSSR count). The molecule has 1 aliphatic heterocycles. The summed E-state index contributed by atoms with van der Waals surface area (Å²) >= 11 is 1.53. The van der Waals surface area contributed by atoms with Gasteiger partial charge in [-0.25, -0.2) is 13.4 Å². The van der Waals surface area contributed by atoms with E-state index in [1.54, 1.807) is 22.5 Å². The first kappa shape index (κ1) is 17.5.